The number of rotatable bonds is 1. The summed E-state index contributed by atoms with van der Waals surface area (Å²) in [6.45, 7) is 0.629. The van der Waals surface area contributed by atoms with E-state index in [9.17, 15) is 15.0 Å². The van der Waals surface area contributed by atoms with E-state index in [2.05, 4.69) is 4.98 Å². The maximum atomic E-state index is 12.2. The fraction of sp³-hybridized carbons (Fsp3) is 0.231. The number of fused-ring (bicyclic) bond motifs is 1. The normalized spacial score (nSPS) is 15.7. The van der Waals surface area contributed by atoms with E-state index >= 15 is 0 Å². The molecule has 18 heavy (non-hydrogen) atoms. The Kier molecular flexibility index (Phi) is 2.41. The number of hydrogen-bond donors (Lipinski definition) is 2. The molecule has 1 saturated heterocycles. The lowest BCUT2D eigenvalue weighted by atomic mass is 10.0. The van der Waals surface area contributed by atoms with Gasteiger partial charge >= 0.3 is 0 Å². The molecule has 1 amide bonds. The lowest BCUT2D eigenvalue weighted by Gasteiger charge is -2.36. The predicted molar refractivity (Wildman–Crippen MR) is 65.3 cm³/mol. The Bertz CT molecular complexity index is 621. The second-order valence-corrected chi connectivity index (χ2v) is 4.40. The Morgan fingerprint density at radius 3 is 2.78 bits per heavy atom. The molecule has 0 atom stereocenters. The quantitative estimate of drug-likeness (QED) is 0.776. The highest BCUT2D eigenvalue weighted by atomic mass is 16.3. The Hall–Kier alpha value is -2.14. The van der Waals surface area contributed by atoms with E-state index in [1.165, 1.54) is 11.1 Å². The second-order valence-electron chi connectivity index (χ2n) is 4.40. The van der Waals surface area contributed by atoms with Crippen LogP contribution < -0.4 is 0 Å². The van der Waals surface area contributed by atoms with E-state index in [4.69, 9.17) is 0 Å². The fourth-order valence-corrected chi connectivity index (χ4v) is 2.13. The number of aliphatic hydroxyl groups is 1. The monoisotopic (exact) mass is 244 g/mol. The summed E-state index contributed by atoms with van der Waals surface area (Å²) < 4.78 is 0. The van der Waals surface area contributed by atoms with Gasteiger partial charge in [-0.1, -0.05) is 18.2 Å². The first-order valence-corrected chi connectivity index (χ1v) is 5.71. The molecule has 5 nitrogen and oxygen atoms in total. The van der Waals surface area contributed by atoms with E-state index < -0.39 is 6.10 Å². The number of aliphatic hydroxyl groups excluding tert-OH is 1. The van der Waals surface area contributed by atoms with Gasteiger partial charge in [-0.15, -0.1) is 0 Å². The van der Waals surface area contributed by atoms with Crippen LogP contribution >= 0.6 is 0 Å². The molecule has 2 N–H and O–H groups in total. The van der Waals surface area contributed by atoms with Crippen LogP contribution in [0.25, 0.3) is 10.9 Å². The highest BCUT2D eigenvalue weighted by molar-refractivity contribution is 6.08. The van der Waals surface area contributed by atoms with Crippen LogP contribution in [-0.2, 0) is 0 Å². The first kappa shape index (κ1) is 11.0. The zero-order valence-corrected chi connectivity index (χ0v) is 9.58. The SMILES string of the molecule is O=C(c1c(O)cnc2ccccc12)N1CC(O)C1. The minimum atomic E-state index is -0.454. The van der Waals surface area contributed by atoms with Crippen molar-refractivity contribution in [3.05, 3.63) is 36.0 Å². The molecule has 1 aromatic heterocycles. The van der Waals surface area contributed by atoms with Gasteiger partial charge in [0.2, 0.25) is 0 Å². The average Bonchev–Trinajstić information content (AvgIpc) is 2.34. The number of nitrogens with zero attached hydrogens (tertiary/aromatic N) is 2. The molecule has 0 unspecified atom stereocenters. The third kappa shape index (κ3) is 1.60. The van der Waals surface area contributed by atoms with E-state index in [0.29, 0.717) is 24.0 Å². The lowest BCUT2D eigenvalue weighted by molar-refractivity contribution is 0.00584. The van der Waals surface area contributed by atoms with Crippen LogP contribution in [0.15, 0.2) is 30.5 Å². The van der Waals surface area contributed by atoms with Crippen molar-refractivity contribution in [3.8, 4) is 5.75 Å². The Morgan fingerprint density at radius 2 is 2.06 bits per heavy atom. The average molecular weight is 244 g/mol. The van der Waals surface area contributed by atoms with Gasteiger partial charge in [-0.05, 0) is 6.07 Å². The predicted octanol–water partition coefficient (Wildman–Crippen LogP) is 0.757. The molecule has 3 rings (SSSR count). The highest BCUT2D eigenvalue weighted by Gasteiger charge is 2.31. The summed E-state index contributed by atoms with van der Waals surface area (Å²) >= 11 is 0. The van der Waals surface area contributed by atoms with Gasteiger partial charge in [-0.2, -0.15) is 0 Å². The number of aromatic hydroxyl groups is 1. The molecule has 0 saturated carbocycles. The van der Waals surface area contributed by atoms with Gasteiger partial charge in [-0.3, -0.25) is 9.78 Å². The summed E-state index contributed by atoms with van der Waals surface area (Å²) in [7, 11) is 0. The van der Waals surface area contributed by atoms with Gasteiger partial charge < -0.3 is 15.1 Å². The second kappa shape index (κ2) is 3.96. The van der Waals surface area contributed by atoms with E-state index in [1.54, 1.807) is 18.2 Å². The van der Waals surface area contributed by atoms with E-state index in [0.717, 1.165) is 0 Å². The molecular weight excluding hydrogens is 232 g/mol. The van der Waals surface area contributed by atoms with Crippen LogP contribution in [0, 0.1) is 0 Å². The number of benzene rings is 1. The molecular formula is C13H12N2O3. The van der Waals surface area contributed by atoms with Crippen molar-refractivity contribution in [2.24, 2.45) is 0 Å². The first-order chi connectivity index (χ1) is 8.66. The number of β-amino-alcohol motifs (C(OH)–C–C–N with tert-alkyl or cyclic N) is 1. The van der Waals surface area contributed by atoms with Crippen molar-refractivity contribution in [3.63, 3.8) is 0 Å². The number of carbonyl (C=O) groups is 1. The van der Waals surface area contributed by atoms with Gasteiger partial charge in [0.1, 0.15) is 5.75 Å². The topological polar surface area (TPSA) is 73.7 Å². The van der Waals surface area contributed by atoms with E-state index in [1.807, 2.05) is 6.07 Å². The van der Waals surface area contributed by atoms with Crippen molar-refractivity contribution in [2.45, 2.75) is 6.10 Å². The minimum absolute atomic E-state index is 0.125. The van der Waals surface area contributed by atoms with Crippen LogP contribution in [0.4, 0.5) is 0 Å². The molecule has 1 fully saturated rings. The maximum absolute atomic E-state index is 12.2. The largest absolute Gasteiger partial charge is 0.505 e. The third-order valence-electron chi connectivity index (χ3n) is 3.12. The molecule has 0 spiro atoms. The third-order valence-corrected chi connectivity index (χ3v) is 3.12. The van der Waals surface area contributed by atoms with Gasteiger partial charge in [0.05, 0.1) is 23.4 Å². The minimum Gasteiger partial charge on any atom is -0.505 e. The Labute approximate surface area is 103 Å². The van der Waals surface area contributed by atoms with Crippen molar-refractivity contribution >= 4 is 16.8 Å². The van der Waals surface area contributed by atoms with Crippen LogP contribution in [-0.4, -0.2) is 45.2 Å². The number of carbonyl (C=O) groups excluding carboxylic acids is 1. The standard InChI is InChI=1S/C13H12N2O3/c16-8-6-15(7-8)13(18)12-9-3-1-2-4-10(9)14-5-11(12)17/h1-5,8,16-17H,6-7H2. The van der Waals surface area contributed by atoms with Gasteiger partial charge in [0.25, 0.3) is 5.91 Å². The molecule has 92 valence electrons. The fourth-order valence-electron chi connectivity index (χ4n) is 2.13. The molecule has 0 radical (unpaired) electrons. The molecule has 1 aromatic carbocycles. The van der Waals surface area contributed by atoms with Crippen LogP contribution in [0.2, 0.25) is 0 Å². The lowest BCUT2D eigenvalue weighted by Crippen LogP contribution is -2.53. The number of hydrogen-bond acceptors (Lipinski definition) is 4. The Balaban J connectivity index is 2.10. The summed E-state index contributed by atoms with van der Waals surface area (Å²) in [5.41, 5.74) is 0.923. The van der Waals surface area contributed by atoms with Crippen molar-refractivity contribution in [2.75, 3.05) is 13.1 Å². The van der Waals surface area contributed by atoms with Gasteiger partial charge in [0.15, 0.2) is 0 Å². The zero-order chi connectivity index (χ0) is 12.7. The maximum Gasteiger partial charge on any atom is 0.258 e. The smallest absolute Gasteiger partial charge is 0.258 e. The zero-order valence-electron chi connectivity index (χ0n) is 9.58. The summed E-state index contributed by atoms with van der Waals surface area (Å²) in [4.78, 5) is 17.8. The number of likely N-dealkylation sites (tertiary alicyclic amines) is 1. The number of amides is 1. The van der Waals surface area contributed by atoms with Crippen molar-refractivity contribution in [1.29, 1.82) is 0 Å². The van der Waals surface area contributed by atoms with Crippen LogP contribution in [0.1, 0.15) is 10.4 Å². The van der Waals surface area contributed by atoms with Gasteiger partial charge in [0, 0.05) is 18.5 Å². The van der Waals surface area contributed by atoms with Crippen molar-refractivity contribution in [1.82, 2.24) is 9.88 Å². The highest BCUT2D eigenvalue weighted by Crippen LogP contribution is 2.27. The van der Waals surface area contributed by atoms with Gasteiger partial charge in [-0.25, -0.2) is 0 Å². The molecule has 2 aromatic rings. The summed E-state index contributed by atoms with van der Waals surface area (Å²) in [6.07, 6.45) is 0.829. The van der Waals surface area contributed by atoms with Crippen LogP contribution in [0.3, 0.4) is 0 Å². The number of pyridine rings is 1. The van der Waals surface area contributed by atoms with Crippen LogP contribution in [0.5, 0.6) is 5.75 Å². The summed E-state index contributed by atoms with van der Waals surface area (Å²) in [5, 5.41) is 19.7. The first-order valence-electron chi connectivity index (χ1n) is 5.71. The molecule has 2 heterocycles. The molecule has 5 heteroatoms. The molecule has 1 aliphatic rings. The number of aromatic nitrogens is 1. The molecule has 0 bridgehead atoms. The van der Waals surface area contributed by atoms with Crippen molar-refractivity contribution < 1.29 is 15.0 Å². The summed E-state index contributed by atoms with van der Waals surface area (Å²) in [5.74, 6) is -0.392. The van der Waals surface area contributed by atoms with E-state index in [-0.39, 0.29) is 17.2 Å². The molecule has 0 aliphatic carbocycles. The molecule has 1 aliphatic heterocycles. The Morgan fingerprint density at radius 1 is 1.33 bits per heavy atom. The summed E-state index contributed by atoms with van der Waals surface area (Å²) in [6, 6.07) is 7.17. The number of para-hydroxylation sites is 1.